The number of esters is 1. The van der Waals surface area contributed by atoms with Crippen LogP contribution < -0.4 is 0 Å². The van der Waals surface area contributed by atoms with E-state index < -0.39 is 30.2 Å². The predicted molar refractivity (Wildman–Crippen MR) is 83.1 cm³/mol. The lowest BCUT2D eigenvalue weighted by atomic mass is 9.83. The van der Waals surface area contributed by atoms with Gasteiger partial charge in [0.15, 0.2) is 0 Å². The Balaban J connectivity index is 1.90. The van der Waals surface area contributed by atoms with Crippen LogP contribution in [0.4, 0.5) is 8.78 Å². The first kappa shape index (κ1) is 15.0. The molecule has 0 saturated heterocycles. The Morgan fingerprint density at radius 3 is 2.62 bits per heavy atom. The average molecular weight is 328 g/mol. The van der Waals surface area contributed by atoms with Crippen molar-refractivity contribution in [3.63, 3.8) is 0 Å². The molecule has 0 aromatic heterocycles. The average Bonchev–Trinajstić information content (AvgIpc) is 2.88. The summed E-state index contributed by atoms with van der Waals surface area (Å²) in [7, 11) is 0. The molecule has 3 nitrogen and oxygen atoms in total. The van der Waals surface area contributed by atoms with Crippen LogP contribution in [0.15, 0.2) is 36.4 Å². The topological polar surface area (TPSA) is 43.4 Å². The quantitative estimate of drug-likeness (QED) is 0.632. The molecule has 2 aliphatic carbocycles. The first-order valence-corrected chi connectivity index (χ1v) is 7.72. The molecule has 0 N–H and O–H groups in total. The molecule has 2 aromatic rings. The van der Waals surface area contributed by atoms with Crippen molar-refractivity contribution in [3.05, 3.63) is 58.7 Å². The second kappa shape index (κ2) is 4.97. The Morgan fingerprint density at radius 2 is 1.88 bits per heavy atom. The highest BCUT2D eigenvalue weighted by Gasteiger charge is 2.49. The van der Waals surface area contributed by atoms with Gasteiger partial charge in [-0.3, -0.25) is 9.59 Å². The summed E-state index contributed by atoms with van der Waals surface area (Å²) in [5.41, 5.74) is 4.22. The molecule has 0 bridgehead atoms. The number of hydrogen-bond donors (Lipinski definition) is 0. The minimum Gasteiger partial charge on any atom is -0.457 e. The summed E-state index contributed by atoms with van der Waals surface area (Å²) < 4.78 is 33.2. The number of ketones is 1. The minimum absolute atomic E-state index is 0.0379. The fraction of sp³-hybridized carbons (Fsp3) is 0.263. The zero-order valence-corrected chi connectivity index (χ0v) is 12.9. The fourth-order valence-corrected chi connectivity index (χ4v) is 3.60. The summed E-state index contributed by atoms with van der Waals surface area (Å²) >= 11 is 0. The third kappa shape index (κ3) is 2.15. The summed E-state index contributed by atoms with van der Waals surface area (Å²) in [5, 5.41) is 0. The summed E-state index contributed by atoms with van der Waals surface area (Å²) in [6.07, 6.45) is -1.31. The second-order valence-electron chi connectivity index (χ2n) is 6.27. The SMILES string of the molecule is CC(=O)OC1CC(F)(F)C(=O)c2cc3c(cc21)-c1ccccc1C3. The summed E-state index contributed by atoms with van der Waals surface area (Å²) in [6.45, 7) is 1.18. The Bertz CT molecular complexity index is 886. The van der Waals surface area contributed by atoms with Crippen LogP contribution in [-0.4, -0.2) is 17.7 Å². The van der Waals surface area contributed by atoms with Gasteiger partial charge in [-0.2, -0.15) is 8.78 Å². The van der Waals surface area contributed by atoms with E-state index in [0.717, 1.165) is 22.3 Å². The lowest BCUT2D eigenvalue weighted by molar-refractivity contribution is -0.150. The van der Waals surface area contributed by atoms with Gasteiger partial charge in [0.05, 0.1) is 6.42 Å². The highest BCUT2D eigenvalue weighted by atomic mass is 19.3. The molecular formula is C19H14F2O3. The largest absolute Gasteiger partial charge is 0.457 e. The van der Waals surface area contributed by atoms with E-state index in [4.69, 9.17) is 4.74 Å². The highest BCUT2D eigenvalue weighted by Crippen LogP contribution is 2.46. The molecule has 2 aliphatic rings. The maximum atomic E-state index is 14.1. The molecule has 0 heterocycles. The molecule has 0 spiro atoms. The molecule has 0 radical (unpaired) electrons. The molecule has 4 rings (SSSR count). The maximum absolute atomic E-state index is 14.1. The van der Waals surface area contributed by atoms with E-state index in [2.05, 4.69) is 0 Å². The smallest absolute Gasteiger partial charge is 0.313 e. The van der Waals surface area contributed by atoms with E-state index in [1.54, 1.807) is 6.07 Å². The third-order valence-electron chi connectivity index (χ3n) is 4.64. The number of halogens is 2. The number of carbonyl (C=O) groups excluding carboxylic acids is 2. The van der Waals surface area contributed by atoms with Gasteiger partial charge in [-0.15, -0.1) is 0 Å². The molecule has 0 aliphatic heterocycles. The van der Waals surface area contributed by atoms with E-state index in [1.807, 2.05) is 24.3 Å². The Kier molecular flexibility index (Phi) is 3.10. The van der Waals surface area contributed by atoms with Crippen LogP contribution in [-0.2, 0) is 16.0 Å². The van der Waals surface area contributed by atoms with Gasteiger partial charge in [-0.1, -0.05) is 24.3 Å². The van der Waals surface area contributed by atoms with E-state index >= 15 is 0 Å². The number of Topliss-reactive ketones (excluding diaryl/α,β-unsaturated/α-hetero) is 1. The number of alkyl halides is 2. The number of fused-ring (bicyclic) bond motifs is 4. The van der Waals surface area contributed by atoms with Crippen LogP contribution in [0.1, 0.15) is 46.5 Å². The zero-order chi connectivity index (χ0) is 17.1. The highest BCUT2D eigenvalue weighted by molar-refractivity contribution is 6.05. The lowest BCUT2D eigenvalue weighted by Crippen LogP contribution is -2.37. The monoisotopic (exact) mass is 328 g/mol. The first-order chi connectivity index (χ1) is 11.4. The molecule has 24 heavy (non-hydrogen) atoms. The van der Waals surface area contributed by atoms with Gasteiger partial charge in [-0.25, -0.2) is 0 Å². The number of ether oxygens (including phenoxy) is 1. The maximum Gasteiger partial charge on any atom is 0.313 e. The normalized spacial score (nSPS) is 20.1. The summed E-state index contributed by atoms with van der Waals surface area (Å²) in [5.74, 6) is -5.36. The minimum atomic E-state index is -3.52. The van der Waals surface area contributed by atoms with Gasteiger partial charge in [0.1, 0.15) is 6.10 Å². The van der Waals surface area contributed by atoms with E-state index in [-0.39, 0.29) is 5.56 Å². The standard InChI is InChI=1S/C19H14F2O3/c1-10(22)24-17-9-19(20,21)18(23)16-7-12-6-11-4-2-3-5-13(11)14(12)8-15(16)17/h2-5,7-8,17H,6,9H2,1H3. The number of rotatable bonds is 1. The van der Waals surface area contributed by atoms with Crippen molar-refractivity contribution in [2.24, 2.45) is 0 Å². The number of benzene rings is 2. The van der Waals surface area contributed by atoms with Crippen LogP contribution >= 0.6 is 0 Å². The van der Waals surface area contributed by atoms with Gasteiger partial charge in [0.2, 0.25) is 5.78 Å². The van der Waals surface area contributed by atoms with Gasteiger partial charge in [-0.05, 0) is 40.8 Å². The van der Waals surface area contributed by atoms with Crippen LogP contribution in [0.3, 0.4) is 0 Å². The molecule has 0 fully saturated rings. The van der Waals surface area contributed by atoms with E-state index in [1.165, 1.54) is 13.0 Å². The number of carbonyl (C=O) groups is 2. The van der Waals surface area contributed by atoms with Crippen LogP contribution in [0.5, 0.6) is 0 Å². The molecule has 5 heteroatoms. The summed E-state index contributed by atoms with van der Waals surface area (Å²) in [4.78, 5) is 23.4. The van der Waals surface area contributed by atoms with Crippen molar-refractivity contribution in [1.82, 2.24) is 0 Å². The first-order valence-electron chi connectivity index (χ1n) is 7.72. The summed E-state index contributed by atoms with van der Waals surface area (Å²) in [6, 6.07) is 11.1. The molecule has 122 valence electrons. The third-order valence-corrected chi connectivity index (χ3v) is 4.64. The Labute approximate surface area is 137 Å². The number of hydrogen-bond acceptors (Lipinski definition) is 3. The van der Waals surface area contributed by atoms with E-state index in [9.17, 15) is 18.4 Å². The van der Waals surface area contributed by atoms with Crippen LogP contribution in [0, 0.1) is 0 Å². The van der Waals surface area contributed by atoms with Gasteiger partial charge in [0, 0.05) is 18.1 Å². The van der Waals surface area contributed by atoms with Gasteiger partial charge >= 0.3 is 11.9 Å². The predicted octanol–water partition coefficient (Wildman–Crippen LogP) is 4.08. The van der Waals surface area contributed by atoms with Gasteiger partial charge in [0.25, 0.3) is 0 Å². The van der Waals surface area contributed by atoms with E-state index in [0.29, 0.717) is 12.0 Å². The molecule has 0 amide bonds. The van der Waals surface area contributed by atoms with Crippen molar-refractivity contribution in [3.8, 4) is 11.1 Å². The van der Waals surface area contributed by atoms with Crippen molar-refractivity contribution >= 4 is 11.8 Å². The molecular weight excluding hydrogens is 314 g/mol. The molecule has 1 unspecified atom stereocenters. The van der Waals surface area contributed by atoms with Crippen molar-refractivity contribution in [2.45, 2.75) is 31.8 Å². The second-order valence-corrected chi connectivity index (χ2v) is 6.27. The van der Waals surface area contributed by atoms with Crippen LogP contribution in [0.2, 0.25) is 0 Å². The van der Waals surface area contributed by atoms with Crippen molar-refractivity contribution < 1.29 is 23.1 Å². The van der Waals surface area contributed by atoms with Crippen LogP contribution in [0.25, 0.3) is 11.1 Å². The Hall–Kier alpha value is -2.56. The van der Waals surface area contributed by atoms with Crippen molar-refractivity contribution in [2.75, 3.05) is 0 Å². The molecule has 0 saturated carbocycles. The van der Waals surface area contributed by atoms with Gasteiger partial charge < -0.3 is 4.74 Å². The lowest BCUT2D eigenvalue weighted by Gasteiger charge is -2.30. The zero-order valence-electron chi connectivity index (χ0n) is 12.9. The fourth-order valence-electron chi connectivity index (χ4n) is 3.60. The van der Waals surface area contributed by atoms with Crippen molar-refractivity contribution in [1.29, 1.82) is 0 Å². The molecule has 2 aromatic carbocycles. The Morgan fingerprint density at radius 1 is 1.12 bits per heavy atom. The molecule has 1 atom stereocenters.